The number of carbonyl (C=O) groups excluding carboxylic acids is 3. The Morgan fingerprint density at radius 3 is 2.41 bits per heavy atom. The molecule has 0 saturated heterocycles. The zero-order valence-corrected chi connectivity index (χ0v) is 16.2. The Labute approximate surface area is 168 Å². The standard InChI is InChI=1S/C23H20N2O4/c1-15(16-7-4-3-5-8-16)24(2)21(26)17-10-11-19-20(13-17)23(28)25(22(19)27)14-18-9-6-12-29-18/h3-13,15H,14H2,1-2H3. The highest BCUT2D eigenvalue weighted by molar-refractivity contribution is 6.22. The summed E-state index contributed by atoms with van der Waals surface area (Å²) >= 11 is 0. The molecule has 0 N–H and O–H groups in total. The summed E-state index contributed by atoms with van der Waals surface area (Å²) in [7, 11) is 1.73. The van der Waals surface area contributed by atoms with E-state index in [9.17, 15) is 14.4 Å². The number of fused-ring (bicyclic) bond motifs is 1. The van der Waals surface area contributed by atoms with Crippen molar-refractivity contribution in [3.63, 3.8) is 0 Å². The summed E-state index contributed by atoms with van der Waals surface area (Å²) in [5.41, 5.74) is 1.93. The Morgan fingerprint density at radius 1 is 1.00 bits per heavy atom. The normalized spacial score (nSPS) is 14.1. The van der Waals surface area contributed by atoms with Gasteiger partial charge in [-0.3, -0.25) is 19.3 Å². The van der Waals surface area contributed by atoms with E-state index in [1.807, 2.05) is 37.3 Å². The van der Waals surface area contributed by atoms with Crippen LogP contribution in [0.5, 0.6) is 0 Å². The van der Waals surface area contributed by atoms with Crippen LogP contribution < -0.4 is 0 Å². The first kappa shape index (κ1) is 18.7. The fraction of sp³-hybridized carbons (Fsp3) is 0.174. The van der Waals surface area contributed by atoms with E-state index in [0.717, 1.165) is 10.5 Å². The molecule has 3 amide bonds. The van der Waals surface area contributed by atoms with Crippen LogP contribution in [0.2, 0.25) is 0 Å². The van der Waals surface area contributed by atoms with Gasteiger partial charge in [0.25, 0.3) is 17.7 Å². The number of imide groups is 1. The van der Waals surface area contributed by atoms with E-state index in [1.165, 1.54) is 12.3 Å². The highest BCUT2D eigenvalue weighted by Gasteiger charge is 2.36. The summed E-state index contributed by atoms with van der Waals surface area (Å²) in [6.07, 6.45) is 1.49. The van der Waals surface area contributed by atoms with Crippen LogP contribution in [-0.2, 0) is 6.54 Å². The zero-order chi connectivity index (χ0) is 20.5. The fourth-order valence-electron chi connectivity index (χ4n) is 3.46. The van der Waals surface area contributed by atoms with Gasteiger partial charge in [0.2, 0.25) is 0 Å². The van der Waals surface area contributed by atoms with E-state index < -0.39 is 5.91 Å². The van der Waals surface area contributed by atoms with Crippen molar-refractivity contribution in [3.8, 4) is 0 Å². The topological polar surface area (TPSA) is 70.8 Å². The number of amides is 3. The van der Waals surface area contributed by atoms with Gasteiger partial charge in [0, 0.05) is 12.6 Å². The van der Waals surface area contributed by atoms with E-state index in [2.05, 4.69) is 0 Å². The Hall–Kier alpha value is -3.67. The highest BCUT2D eigenvalue weighted by atomic mass is 16.3. The van der Waals surface area contributed by atoms with Crippen LogP contribution in [-0.4, -0.2) is 34.6 Å². The van der Waals surface area contributed by atoms with Crippen molar-refractivity contribution >= 4 is 17.7 Å². The van der Waals surface area contributed by atoms with Gasteiger partial charge in [-0.05, 0) is 42.8 Å². The molecule has 6 heteroatoms. The largest absolute Gasteiger partial charge is 0.467 e. The van der Waals surface area contributed by atoms with Crippen LogP contribution in [0.1, 0.15) is 55.4 Å². The summed E-state index contributed by atoms with van der Waals surface area (Å²) in [5.74, 6) is -0.498. The van der Waals surface area contributed by atoms with E-state index in [-0.39, 0.29) is 30.0 Å². The predicted molar refractivity (Wildman–Crippen MR) is 106 cm³/mol. The number of benzene rings is 2. The molecule has 6 nitrogen and oxygen atoms in total. The minimum atomic E-state index is -0.421. The number of hydrogen-bond acceptors (Lipinski definition) is 4. The van der Waals surface area contributed by atoms with Crippen molar-refractivity contribution in [1.29, 1.82) is 0 Å². The molecule has 4 rings (SSSR count). The van der Waals surface area contributed by atoms with Crippen LogP contribution in [0.15, 0.2) is 71.3 Å². The lowest BCUT2D eigenvalue weighted by atomic mass is 10.0. The molecule has 0 aliphatic carbocycles. The molecule has 1 aromatic heterocycles. The van der Waals surface area contributed by atoms with E-state index in [0.29, 0.717) is 16.9 Å². The molecule has 0 radical (unpaired) electrons. The quantitative estimate of drug-likeness (QED) is 0.622. The second-order valence-electron chi connectivity index (χ2n) is 7.04. The van der Waals surface area contributed by atoms with Gasteiger partial charge in [-0.1, -0.05) is 30.3 Å². The lowest BCUT2D eigenvalue weighted by Crippen LogP contribution is -2.30. The molecule has 0 spiro atoms. The van der Waals surface area contributed by atoms with E-state index >= 15 is 0 Å². The molecular weight excluding hydrogens is 368 g/mol. The van der Waals surface area contributed by atoms with Gasteiger partial charge in [-0.25, -0.2) is 0 Å². The summed E-state index contributed by atoms with van der Waals surface area (Å²) < 4.78 is 5.25. The third-order valence-electron chi connectivity index (χ3n) is 5.29. The number of furan rings is 1. The highest BCUT2D eigenvalue weighted by Crippen LogP contribution is 2.27. The maximum Gasteiger partial charge on any atom is 0.261 e. The first-order valence-corrected chi connectivity index (χ1v) is 9.32. The number of nitrogens with zero attached hydrogens (tertiary/aromatic N) is 2. The van der Waals surface area contributed by atoms with Crippen molar-refractivity contribution in [2.45, 2.75) is 19.5 Å². The van der Waals surface area contributed by atoms with Gasteiger partial charge >= 0.3 is 0 Å². The average Bonchev–Trinajstić information content (AvgIpc) is 3.35. The lowest BCUT2D eigenvalue weighted by Gasteiger charge is -2.25. The van der Waals surface area contributed by atoms with Crippen LogP contribution in [0.3, 0.4) is 0 Å². The molecule has 0 bridgehead atoms. The van der Waals surface area contributed by atoms with Gasteiger partial charge in [0.1, 0.15) is 5.76 Å². The molecule has 29 heavy (non-hydrogen) atoms. The second kappa shape index (κ2) is 7.39. The van der Waals surface area contributed by atoms with E-state index in [1.54, 1.807) is 36.2 Å². The number of carbonyl (C=O) groups is 3. The zero-order valence-electron chi connectivity index (χ0n) is 16.2. The van der Waals surface area contributed by atoms with Gasteiger partial charge < -0.3 is 9.32 Å². The van der Waals surface area contributed by atoms with Crippen LogP contribution in [0.25, 0.3) is 0 Å². The third kappa shape index (κ3) is 3.33. The summed E-state index contributed by atoms with van der Waals surface area (Å²) in [4.78, 5) is 41.1. The van der Waals surface area contributed by atoms with Crippen molar-refractivity contribution in [1.82, 2.24) is 9.80 Å². The summed E-state index contributed by atoms with van der Waals surface area (Å²) in [6.45, 7) is 2.01. The van der Waals surface area contributed by atoms with Gasteiger partial charge in [-0.15, -0.1) is 0 Å². The molecule has 1 aliphatic rings. The smallest absolute Gasteiger partial charge is 0.261 e. The number of rotatable bonds is 5. The maximum atomic E-state index is 13.0. The predicted octanol–water partition coefficient (Wildman–Crippen LogP) is 3.91. The third-order valence-corrected chi connectivity index (χ3v) is 5.29. The van der Waals surface area contributed by atoms with Crippen molar-refractivity contribution in [3.05, 3.63) is 94.9 Å². The van der Waals surface area contributed by atoms with Crippen LogP contribution in [0.4, 0.5) is 0 Å². The van der Waals surface area contributed by atoms with Crippen molar-refractivity contribution in [2.24, 2.45) is 0 Å². The Kier molecular flexibility index (Phi) is 4.76. The van der Waals surface area contributed by atoms with Crippen molar-refractivity contribution < 1.29 is 18.8 Å². The average molecular weight is 388 g/mol. The molecule has 1 aliphatic heterocycles. The monoisotopic (exact) mass is 388 g/mol. The summed E-state index contributed by atoms with van der Waals surface area (Å²) in [6, 6.07) is 17.6. The Morgan fingerprint density at radius 2 is 1.72 bits per heavy atom. The SMILES string of the molecule is CC(c1ccccc1)N(C)C(=O)c1ccc2c(c1)C(=O)N(Cc1ccco1)C2=O. The molecule has 0 fully saturated rings. The molecular formula is C23H20N2O4. The van der Waals surface area contributed by atoms with Gasteiger partial charge in [0.05, 0.1) is 30.0 Å². The summed E-state index contributed by atoms with van der Waals surface area (Å²) in [5, 5.41) is 0. The Bertz CT molecular complexity index is 1070. The minimum Gasteiger partial charge on any atom is -0.467 e. The first-order chi connectivity index (χ1) is 14.0. The minimum absolute atomic E-state index is 0.0631. The van der Waals surface area contributed by atoms with Crippen LogP contribution in [0, 0.1) is 0 Å². The molecule has 3 aromatic rings. The molecule has 1 unspecified atom stereocenters. The Balaban J connectivity index is 1.58. The van der Waals surface area contributed by atoms with E-state index in [4.69, 9.17) is 4.42 Å². The fourth-order valence-corrected chi connectivity index (χ4v) is 3.46. The van der Waals surface area contributed by atoms with Crippen LogP contribution >= 0.6 is 0 Å². The number of hydrogen-bond donors (Lipinski definition) is 0. The molecule has 146 valence electrons. The van der Waals surface area contributed by atoms with Gasteiger partial charge in [-0.2, -0.15) is 0 Å². The molecule has 2 aromatic carbocycles. The van der Waals surface area contributed by atoms with Crippen molar-refractivity contribution in [2.75, 3.05) is 7.05 Å². The molecule has 2 heterocycles. The lowest BCUT2D eigenvalue weighted by molar-refractivity contribution is 0.0631. The second-order valence-corrected chi connectivity index (χ2v) is 7.04. The maximum absolute atomic E-state index is 13.0. The molecule has 0 saturated carbocycles. The van der Waals surface area contributed by atoms with Gasteiger partial charge in [0.15, 0.2) is 0 Å². The first-order valence-electron chi connectivity index (χ1n) is 9.32. The molecule has 1 atom stereocenters.